The normalized spacial score (nSPS) is 12.0. The molecule has 0 amide bonds. The third kappa shape index (κ3) is 10.9. The van der Waals surface area contributed by atoms with Crippen molar-refractivity contribution in [3.8, 4) is 118 Å². The number of hydrogen-bond donors (Lipinski definition) is 0. The number of aromatic nitrogens is 5. The number of para-hydroxylation sites is 6. The Hall–Kier alpha value is -16.2. The minimum absolute atomic E-state index is 0.644. The van der Waals surface area contributed by atoms with Gasteiger partial charge >= 0.3 is 0 Å². The third-order valence-electron chi connectivity index (χ3n) is 24.8. The number of hydrogen-bond acceptors (Lipinski definition) is 5. The highest BCUT2D eigenvalue weighted by Crippen LogP contribution is 2.44. The van der Waals surface area contributed by atoms with Crippen LogP contribution in [0, 0.1) is 0 Å². The number of furan rings is 3. The van der Waals surface area contributed by atoms with Crippen molar-refractivity contribution >= 4 is 131 Å². The number of nitrogens with zero attached hydrogens (tertiary/aromatic N) is 5. The molecule has 0 aliphatic heterocycles. The van der Waals surface area contributed by atoms with E-state index in [9.17, 15) is 0 Å². The van der Waals surface area contributed by atoms with Gasteiger partial charge in [0, 0.05) is 98.4 Å². The summed E-state index contributed by atoms with van der Waals surface area (Å²) in [6.45, 7) is 0. The molecule has 25 rings (SSSR count). The second kappa shape index (κ2) is 26.7. The van der Waals surface area contributed by atoms with E-state index in [4.69, 9.17) is 23.2 Å². The van der Waals surface area contributed by atoms with Crippen molar-refractivity contribution in [3.05, 3.63) is 406 Å². The summed E-state index contributed by atoms with van der Waals surface area (Å²) in [5.74, 6) is 0.644. The molecular weight excluding hydrogens is 1460 g/mol. The first-order chi connectivity index (χ1) is 59.4. The molecule has 7 heterocycles. The lowest BCUT2D eigenvalue weighted by Crippen LogP contribution is -1.96. The molecule has 0 N–H and O–H groups in total. The molecule has 7 aromatic heterocycles. The number of benzene rings is 18. The standard InChI is InChI=1S/C112H67N5O3/c1-7-19-100-86(13-1)92-61-77(80-46-58-109-95(64-80)89-16-4-10-22-106(89)118-109)43-55-103(92)115(100)83-49-37-71(38-50-83)68-25-31-74(32-26-68)98-67-99(75-33-27-69(28-34-75)72-39-51-84(52-40-72)116-101-20-8-2-14-87(101)93-62-78(44-56-104(93)116)81-47-59-110-96(65-81)90-17-5-11-23-107(90)119-110)114-112(113-98)76-35-29-70(30-36-76)73-41-53-85(54-42-73)117-102-21-9-3-15-88(102)94-63-79(45-57-105(94)117)82-48-60-111-97(66-82)91-18-6-12-24-108(91)120-111/h1-67H. The summed E-state index contributed by atoms with van der Waals surface area (Å²) in [6, 6.07) is 146. The minimum Gasteiger partial charge on any atom is -0.456 e. The Balaban J connectivity index is 0.526. The van der Waals surface area contributed by atoms with E-state index in [0.717, 1.165) is 211 Å². The second-order valence-corrected chi connectivity index (χ2v) is 31.5. The summed E-state index contributed by atoms with van der Waals surface area (Å²) in [7, 11) is 0. The summed E-state index contributed by atoms with van der Waals surface area (Å²) in [4.78, 5) is 10.8. The lowest BCUT2D eigenvalue weighted by atomic mass is 9.99. The van der Waals surface area contributed by atoms with Crippen molar-refractivity contribution in [2.75, 3.05) is 0 Å². The van der Waals surface area contributed by atoms with Crippen LogP contribution in [0.15, 0.2) is 420 Å². The van der Waals surface area contributed by atoms with Crippen molar-refractivity contribution in [1.29, 1.82) is 0 Å². The number of rotatable bonds is 12. The average molecular weight is 1530 g/mol. The van der Waals surface area contributed by atoms with E-state index in [1.54, 1.807) is 0 Å². The highest BCUT2D eigenvalue weighted by molar-refractivity contribution is 6.15. The van der Waals surface area contributed by atoms with E-state index >= 15 is 0 Å². The van der Waals surface area contributed by atoms with Crippen LogP contribution in [-0.4, -0.2) is 23.7 Å². The summed E-state index contributed by atoms with van der Waals surface area (Å²) >= 11 is 0. The van der Waals surface area contributed by atoms with Gasteiger partial charge in [-0.1, -0.05) is 255 Å². The minimum atomic E-state index is 0.644. The Kier molecular flexibility index (Phi) is 15.0. The SMILES string of the molecule is c1ccc2c(c1)oc1ccc(-c3ccc4c(c3)c3ccccc3n4-c3ccc(-c4ccc(-c5cc(-c6ccc(-c7ccc(-n8c9ccccc9c9cc(-c%10ccc%11oc%12ccccc%12c%11c%10)ccc98)cc7)cc6)nc(-c6ccc(-c7ccc(-n8c9ccccc9c9cc(-c%10ccc%11oc%12ccccc%12c%11c%10)ccc98)cc7)cc6)n5)cc4)cc3)cc12. The van der Waals surface area contributed by atoms with Crippen LogP contribution in [0.4, 0.5) is 0 Å². The molecule has 120 heavy (non-hydrogen) atoms. The molecule has 18 aromatic carbocycles. The van der Waals surface area contributed by atoms with Crippen molar-refractivity contribution in [2.45, 2.75) is 0 Å². The molecule has 0 aliphatic carbocycles. The van der Waals surface area contributed by atoms with E-state index < -0.39 is 0 Å². The van der Waals surface area contributed by atoms with Crippen LogP contribution in [0.3, 0.4) is 0 Å². The molecule has 0 fully saturated rings. The molecule has 25 aromatic rings. The van der Waals surface area contributed by atoms with Crippen molar-refractivity contribution in [3.63, 3.8) is 0 Å². The summed E-state index contributed by atoms with van der Waals surface area (Å²) in [6.07, 6.45) is 0. The lowest BCUT2D eigenvalue weighted by Gasteiger charge is -2.12. The van der Waals surface area contributed by atoms with E-state index in [0.29, 0.717) is 5.82 Å². The van der Waals surface area contributed by atoms with Gasteiger partial charge < -0.3 is 27.0 Å². The molecular formula is C112H67N5O3. The maximum atomic E-state index is 6.21. The molecule has 558 valence electrons. The maximum absolute atomic E-state index is 6.21. The van der Waals surface area contributed by atoms with Crippen molar-refractivity contribution in [2.24, 2.45) is 0 Å². The van der Waals surface area contributed by atoms with Gasteiger partial charge in [-0.25, -0.2) is 9.97 Å². The zero-order chi connectivity index (χ0) is 78.6. The first kappa shape index (κ1) is 67.2. The van der Waals surface area contributed by atoms with E-state index in [1.807, 2.05) is 36.4 Å². The van der Waals surface area contributed by atoms with Crippen LogP contribution in [0.1, 0.15) is 0 Å². The zero-order valence-corrected chi connectivity index (χ0v) is 64.6. The van der Waals surface area contributed by atoms with Crippen LogP contribution in [0.25, 0.3) is 249 Å². The highest BCUT2D eigenvalue weighted by atomic mass is 16.3. The fraction of sp³-hybridized carbons (Fsp3) is 0. The predicted octanol–water partition coefficient (Wildman–Crippen LogP) is 30.5. The average Bonchev–Trinajstić information content (AvgIpc) is 1.59. The van der Waals surface area contributed by atoms with E-state index in [2.05, 4.69) is 384 Å². The third-order valence-corrected chi connectivity index (χ3v) is 24.8. The van der Waals surface area contributed by atoms with Gasteiger partial charge in [-0.15, -0.1) is 0 Å². The summed E-state index contributed by atoms with van der Waals surface area (Å²) in [5.41, 5.74) is 33.8. The van der Waals surface area contributed by atoms with Gasteiger partial charge in [-0.2, -0.15) is 0 Å². The summed E-state index contributed by atoms with van der Waals surface area (Å²) < 4.78 is 25.8. The van der Waals surface area contributed by atoms with Gasteiger partial charge in [-0.3, -0.25) is 0 Å². The fourth-order valence-electron chi connectivity index (χ4n) is 18.8. The Morgan fingerprint density at radius 3 is 0.675 bits per heavy atom. The van der Waals surface area contributed by atoms with Gasteiger partial charge in [0.05, 0.1) is 44.5 Å². The largest absolute Gasteiger partial charge is 0.456 e. The fourth-order valence-corrected chi connectivity index (χ4v) is 18.8. The molecule has 0 radical (unpaired) electrons. The van der Waals surface area contributed by atoms with Crippen molar-refractivity contribution in [1.82, 2.24) is 23.7 Å². The van der Waals surface area contributed by atoms with Gasteiger partial charge in [0.25, 0.3) is 0 Å². The Labute approximate surface area is 687 Å². The lowest BCUT2D eigenvalue weighted by molar-refractivity contribution is 0.668. The molecule has 0 unspecified atom stereocenters. The van der Waals surface area contributed by atoms with Gasteiger partial charge in [-0.05, 0) is 218 Å². The Morgan fingerprint density at radius 1 is 0.150 bits per heavy atom. The molecule has 0 aliphatic rings. The maximum Gasteiger partial charge on any atom is 0.160 e. The van der Waals surface area contributed by atoms with Gasteiger partial charge in [0.2, 0.25) is 0 Å². The molecule has 8 nitrogen and oxygen atoms in total. The van der Waals surface area contributed by atoms with Crippen LogP contribution >= 0.6 is 0 Å². The van der Waals surface area contributed by atoms with Gasteiger partial charge in [0.1, 0.15) is 33.5 Å². The molecule has 0 atom stereocenters. The quantitative estimate of drug-likeness (QED) is 0.122. The predicted molar refractivity (Wildman–Crippen MR) is 496 cm³/mol. The molecule has 0 saturated carbocycles. The van der Waals surface area contributed by atoms with Crippen LogP contribution in [0.5, 0.6) is 0 Å². The molecule has 0 bridgehead atoms. The van der Waals surface area contributed by atoms with Crippen LogP contribution < -0.4 is 0 Å². The van der Waals surface area contributed by atoms with E-state index in [1.165, 1.54) is 32.3 Å². The summed E-state index contributed by atoms with van der Waals surface area (Å²) in [5, 5.41) is 14.0. The Bertz CT molecular complexity index is 7680. The second-order valence-electron chi connectivity index (χ2n) is 31.5. The zero-order valence-electron chi connectivity index (χ0n) is 64.6. The molecule has 0 spiro atoms. The van der Waals surface area contributed by atoms with Crippen LogP contribution in [0.2, 0.25) is 0 Å². The van der Waals surface area contributed by atoms with Crippen molar-refractivity contribution < 1.29 is 13.3 Å². The number of fused-ring (bicyclic) bond motifs is 18. The molecule has 8 heteroatoms. The van der Waals surface area contributed by atoms with E-state index in [-0.39, 0.29) is 0 Å². The highest BCUT2D eigenvalue weighted by Gasteiger charge is 2.22. The first-order valence-electron chi connectivity index (χ1n) is 40.8. The Morgan fingerprint density at radius 2 is 0.367 bits per heavy atom. The first-order valence-corrected chi connectivity index (χ1v) is 40.8. The van der Waals surface area contributed by atoms with Crippen LogP contribution in [-0.2, 0) is 0 Å². The smallest absolute Gasteiger partial charge is 0.160 e. The monoisotopic (exact) mass is 1530 g/mol. The van der Waals surface area contributed by atoms with Gasteiger partial charge in [0.15, 0.2) is 5.82 Å². The topological polar surface area (TPSA) is 80.0 Å². The molecule has 0 saturated heterocycles.